The highest BCUT2D eigenvalue weighted by Gasteiger charge is 2.25. The van der Waals surface area contributed by atoms with Gasteiger partial charge in [0.25, 0.3) is 0 Å². The fourth-order valence-corrected chi connectivity index (χ4v) is 3.07. The van der Waals surface area contributed by atoms with Crippen molar-refractivity contribution < 1.29 is 9.90 Å². The van der Waals surface area contributed by atoms with E-state index in [1.807, 2.05) is 0 Å². The zero-order chi connectivity index (χ0) is 13.0. The van der Waals surface area contributed by atoms with Gasteiger partial charge in [0.2, 0.25) is 0 Å². The van der Waals surface area contributed by atoms with E-state index in [9.17, 15) is 4.79 Å². The van der Waals surface area contributed by atoms with Crippen molar-refractivity contribution in [1.82, 2.24) is 14.7 Å². The third-order valence-corrected chi connectivity index (χ3v) is 4.21. The van der Waals surface area contributed by atoms with E-state index < -0.39 is 6.09 Å². The van der Waals surface area contributed by atoms with Gasteiger partial charge in [0.1, 0.15) is 0 Å². The zero-order valence-corrected chi connectivity index (χ0v) is 11.3. The summed E-state index contributed by atoms with van der Waals surface area (Å²) in [5.74, 6) is 0.773. The first-order chi connectivity index (χ1) is 8.69. The van der Waals surface area contributed by atoms with Crippen LogP contribution < -0.4 is 0 Å². The molecule has 1 amide bonds. The highest BCUT2D eigenvalue weighted by Crippen LogP contribution is 2.18. The fourth-order valence-electron chi connectivity index (χ4n) is 3.07. The Hall–Kier alpha value is -0.810. The molecule has 2 rings (SSSR count). The molecule has 5 heteroatoms. The summed E-state index contributed by atoms with van der Waals surface area (Å²) in [7, 11) is 0. The summed E-state index contributed by atoms with van der Waals surface area (Å²) in [6.07, 6.45) is 1.87. The highest BCUT2D eigenvalue weighted by molar-refractivity contribution is 5.65. The summed E-state index contributed by atoms with van der Waals surface area (Å²) in [5, 5.41) is 8.91. The molecule has 0 bridgehead atoms. The molecule has 0 aliphatic carbocycles. The summed E-state index contributed by atoms with van der Waals surface area (Å²) >= 11 is 0. The largest absolute Gasteiger partial charge is 0.465 e. The number of amides is 1. The summed E-state index contributed by atoms with van der Waals surface area (Å²) in [4.78, 5) is 17.3. The normalized spacial score (nSPS) is 27.4. The Kier molecular flexibility index (Phi) is 4.83. The molecular weight excluding hydrogens is 230 g/mol. The third kappa shape index (κ3) is 3.59. The number of piperazine rings is 1. The molecule has 0 aromatic carbocycles. The van der Waals surface area contributed by atoms with Crippen LogP contribution in [0.2, 0.25) is 0 Å². The van der Waals surface area contributed by atoms with Crippen LogP contribution in [-0.4, -0.2) is 78.3 Å². The van der Waals surface area contributed by atoms with E-state index in [0.29, 0.717) is 13.1 Å². The lowest BCUT2D eigenvalue weighted by Crippen LogP contribution is -2.50. The van der Waals surface area contributed by atoms with E-state index in [2.05, 4.69) is 16.7 Å². The lowest BCUT2D eigenvalue weighted by atomic mass is 9.97. The first kappa shape index (κ1) is 13.6. The van der Waals surface area contributed by atoms with Gasteiger partial charge in [0.05, 0.1) is 0 Å². The second-order valence-corrected chi connectivity index (χ2v) is 5.47. The molecule has 0 spiro atoms. The maximum Gasteiger partial charge on any atom is 0.407 e. The Balaban J connectivity index is 1.72. The van der Waals surface area contributed by atoms with Gasteiger partial charge in [0, 0.05) is 39.3 Å². The van der Waals surface area contributed by atoms with Gasteiger partial charge in [0.15, 0.2) is 0 Å². The Morgan fingerprint density at radius 1 is 1.17 bits per heavy atom. The molecular formula is C13H25N3O2. The summed E-state index contributed by atoms with van der Waals surface area (Å²) in [6.45, 7) is 10.1. The van der Waals surface area contributed by atoms with Crippen LogP contribution in [0.3, 0.4) is 0 Å². The third-order valence-electron chi connectivity index (χ3n) is 4.21. The van der Waals surface area contributed by atoms with Gasteiger partial charge in [-0.1, -0.05) is 6.92 Å². The number of carboxylic acid groups (broad SMARTS) is 1. The minimum Gasteiger partial charge on any atom is -0.465 e. The number of hydrogen-bond donors (Lipinski definition) is 1. The predicted molar refractivity (Wildman–Crippen MR) is 70.9 cm³/mol. The van der Waals surface area contributed by atoms with E-state index >= 15 is 0 Å². The van der Waals surface area contributed by atoms with Crippen LogP contribution in [0.1, 0.15) is 19.8 Å². The Morgan fingerprint density at radius 3 is 2.50 bits per heavy atom. The van der Waals surface area contributed by atoms with E-state index in [1.165, 1.54) is 30.8 Å². The SMILES string of the molecule is CCN1CCC[C@@H](CN2CCN(C(=O)O)CC2)C1. The van der Waals surface area contributed by atoms with Crippen LogP contribution in [-0.2, 0) is 0 Å². The van der Waals surface area contributed by atoms with Crippen molar-refractivity contribution in [2.24, 2.45) is 5.92 Å². The highest BCUT2D eigenvalue weighted by atomic mass is 16.4. The molecule has 0 aromatic rings. The fraction of sp³-hybridized carbons (Fsp3) is 0.923. The van der Waals surface area contributed by atoms with E-state index in [-0.39, 0.29) is 0 Å². The molecule has 1 atom stereocenters. The minimum atomic E-state index is -0.774. The molecule has 2 aliphatic rings. The average molecular weight is 255 g/mol. The summed E-state index contributed by atoms with van der Waals surface area (Å²) < 4.78 is 0. The van der Waals surface area contributed by atoms with E-state index in [1.54, 1.807) is 0 Å². The van der Waals surface area contributed by atoms with Gasteiger partial charge >= 0.3 is 6.09 Å². The Morgan fingerprint density at radius 2 is 1.89 bits per heavy atom. The van der Waals surface area contributed by atoms with Gasteiger partial charge < -0.3 is 14.9 Å². The predicted octanol–water partition coefficient (Wildman–Crippen LogP) is 1.01. The average Bonchev–Trinajstić information content (AvgIpc) is 2.39. The second-order valence-electron chi connectivity index (χ2n) is 5.47. The maximum absolute atomic E-state index is 10.8. The van der Waals surface area contributed by atoms with Crippen LogP contribution in [0.25, 0.3) is 0 Å². The number of nitrogens with zero attached hydrogens (tertiary/aromatic N) is 3. The molecule has 0 aromatic heterocycles. The van der Waals surface area contributed by atoms with Crippen molar-refractivity contribution in [1.29, 1.82) is 0 Å². The van der Waals surface area contributed by atoms with E-state index in [0.717, 1.165) is 32.1 Å². The molecule has 0 radical (unpaired) electrons. The second kappa shape index (κ2) is 6.38. The molecule has 2 aliphatic heterocycles. The molecule has 2 fully saturated rings. The van der Waals surface area contributed by atoms with Crippen molar-refractivity contribution in [3.8, 4) is 0 Å². The molecule has 2 heterocycles. The van der Waals surface area contributed by atoms with Gasteiger partial charge in [-0.2, -0.15) is 0 Å². The standard InChI is InChI=1S/C13H25N3O2/c1-2-14-5-3-4-12(10-14)11-15-6-8-16(9-7-15)13(17)18/h12H,2-11H2,1H3,(H,17,18)/t12-/m1/s1. The molecule has 5 nitrogen and oxygen atoms in total. The molecule has 2 saturated heterocycles. The zero-order valence-electron chi connectivity index (χ0n) is 11.3. The maximum atomic E-state index is 10.8. The van der Waals surface area contributed by atoms with Crippen molar-refractivity contribution in [2.45, 2.75) is 19.8 Å². The number of carbonyl (C=O) groups is 1. The van der Waals surface area contributed by atoms with Crippen molar-refractivity contribution in [2.75, 3.05) is 52.4 Å². The van der Waals surface area contributed by atoms with Gasteiger partial charge in [-0.25, -0.2) is 4.79 Å². The number of likely N-dealkylation sites (tertiary alicyclic amines) is 1. The molecule has 0 unspecified atom stereocenters. The van der Waals surface area contributed by atoms with Gasteiger partial charge in [-0.3, -0.25) is 4.90 Å². The quantitative estimate of drug-likeness (QED) is 0.818. The number of piperidine rings is 1. The van der Waals surface area contributed by atoms with E-state index in [4.69, 9.17) is 5.11 Å². The smallest absolute Gasteiger partial charge is 0.407 e. The van der Waals surface area contributed by atoms with Crippen molar-refractivity contribution >= 4 is 6.09 Å². The van der Waals surface area contributed by atoms with Gasteiger partial charge in [-0.15, -0.1) is 0 Å². The number of rotatable bonds is 3. The summed E-state index contributed by atoms with van der Waals surface area (Å²) in [6, 6.07) is 0. The molecule has 104 valence electrons. The number of hydrogen-bond acceptors (Lipinski definition) is 3. The van der Waals surface area contributed by atoms with Crippen molar-refractivity contribution in [3.63, 3.8) is 0 Å². The van der Waals surface area contributed by atoms with Crippen LogP contribution in [0.15, 0.2) is 0 Å². The Bertz CT molecular complexity index is 277. The first-order valence-electron chi connectivity index (χ1n) is 7.11. The topological polar surface area (TPSA) is 47.0 Å². The van der Waals surface area contributed by atoms with Crippen LogP contribution in [0, 0.1) is 5.92 Å². The Labute approximate surface area is 109 Å². The lowest BCUT2D eigenvalue weighted by molar-refractivity contribution is 0.0838. The van der Waals surface area contributed by atoms with Crippen LogP contribution in [0.4, 0.5) is 4.79 Å². The molecule has 0 saturated carbocycles. The summed E-state index contributed by atoms with van der Waals surface area (Å²) in [5.41, 5.74) is 0. The molecule has 1 N–H and O–H groups in total. The first-order valence-corrected chi connectivity index (χ1v) is 7.11. The minimum absolute atomic E-state index is 0.666. The monoisotopic (exact) mass is 255 g/mol. The molecule has 18 heavy (non-hydrogen) atoms. The van der Waals surface area contributed by atoms with Gasteiger partial charge in [-0.05, 0) is 31.8 Å². The lowest BCUT2D eigenvalue weighted by Gasteiger charge is -2.38. The van der Waals surface area contributed by atoms with Crippen molar-refractivity contribution in [3.05, 3.63) is 0 Å². The van der Waals surface area contributed by atoms with Crippen LogP contribution in [0.5, 0.6) is 0 Å². The van der Waals surface area contributed by atoms with Crippen LogP contribution >= 0.6 is 0 Å².